The quantitative estimate of drug-likeness (QED) is 0.102. The fourth-order valence-corrected chi connectivity index (χ4v) is 3.09. The van der Waals surface area contributed by atoms with Crippen LogP contribution in [0.15, 0.2) is 47.8 Å². The van der Waals surface area contributed by atoms with Crippen molar-refractivity contribution in [2.24, 2.45) is 10.8 Å². The minimum atomic E-state index is -0.241. The number of hydrogen-bond donors (Lipinski definition) is 0. The third-order valence-corrected chi connectivity index (χ3v) is 5.88. The molecule has 0 aromatic rings. The van der Waals surface area contributed by atoms with Gasteiger partial charge in [-0.25, -0.2) is 0 Å². The van der Waals surface area contributed by atoms with Crippen molar-refractivity contribution in [1.82, 2.24) is 0 Å². The van der Waals surface area contributed by atoms with Crippen LogP contribution in [-0.2, 0) is 23.7 Å². The minimum Gasteiger partial charge on any atom is -0.501 e. The van der Waals surface area contributed by atoms with Crippen LogP contribution < -0.4 is 0 Å². The molecule has 0 amide bonds. The van der Waals surface area contributed by atoms with Crippen molar-refractivity contribution in [3.8, 4) is 0 Å². The summed E-state index contributed by atoms with van der Waals surface area (Å²) in [5, 5.41) is 0. The van der Waals surface area contributed by atoms with E-state index in [4.69, 9.17) is 23.7 Å². The molecule has 0 spiro atoms. The molecule has 0 N–H and O–H groups in total. The summed E-state index contributed by atoms with van der Waals surface area (Å²) in [7, 11) is 0. The summed E-state index contributed by atoms with van der Waals surface area (Å²) in [6.45, 7) is 25.6. The Labute approximate surface area is 210 Å². The van der Waals surface area contributed by atoms with Gasteiger partial charge < -0.3 is 23.7 Å². The van der Waals surface area contributed by atoms with Crippen molar-refractivity contribution in [2.75, 3.05) is 59.5 Å². The van der Waals surface area contributed by atoms with Crippen LogP contribution in [0.25, 0.3) is 0 Å². The monoisotopic (exact) mass is 480 g/mol. The van der Waals surface area contributed by atoms with E-state index in [0.717, 1.165) is 12.8 Å². The number of rotatable bonds is 21. The van der Waals surface area contributed by atoms with Crippen LogP contribution in [0.3, 0.4) is 0 Å². The lowest BCUT2D eigenvalue weighted by molar-refractivity contribution is -0.0999. The molecular formula is C29H52O5. The zero-order valence-electron chi connectivity index (χ0n) is 23.3. The summed E-state index contributed by atoms with van der Waals surface area (Å²) in [6, 6.07) is 0. The SMILES string of the molecule is C=COCC(CC)(COCC=C(C)C)COCC(CC)(COCC=C(C)C)COCC=C(C)C. The van der Waals surface area contributed by atoms with Gasteiger partial charge in [0.15, 0.2) is 0 Å². The van der Waals surface area contributed by atoms with Gasteiger partial charge in [-0.15, -0.1) is 0 Å². The van der Waals surface area contributed by atoms with Crippen LogP contribution in [0.1, 0.15) is 68.2 Å². The van der Waals surface area contributed by atoms with Crippen LogP contribution in [0.2, 0.25) is 0 Å². The van der Waals surface area contributed by atoms with Gasteiger partial charge in [0, 0.05) is 5.41 Å². The standard InChI is InChI=1S/C29H52O5/c1-10-28(19-30-12-3,20-31-16-13-25(4)5)23-34-24-29(11-2,21-32-17-14-26(6)7)22-33-18-15-27(8)9/h12-15H,3,10-11,16-24H2,1-2,4-9H3. The maximum Gasteiger partial charge on any atom is 0.0973 e. The van der Waals surface area contributed by atoms with E-state index >= 15 is 0 Å². The zero-order chi connectivity index (χ0) is 25.9. The van der Waals surface area contributed by atoms with Crippen molar-refractivity contribution < 1.29 is 23.7 Å². The molecule has 5 heteroatoms. The third kappa shape index (κ3) is 15.5. The molecule has 5 nitrogen and oxygen atoms in total. The highest BCUT2D eigenvalue weighted by atomic mass is 16.5. The molecule has 0 aliphatic rings. The Kier molecular flexibility index (Phi) is 18.1. The maximum atomic E-state index is 6.38. The Bertz CT molecular complexity index is 598. The molecule has 1 atom stereocenters. The highest BCUT2D eigenvalue weighted by Gasteiger charge is 2.34. The highest BCUT2D eigenvalue weighted by Crippen LogP contribution is 2.28. The Morgan fingerprint density at radius 1 is 0.559 bits per heavy atom. The predicted octanol–water partition coefficient (Wildman–Crippen LogP) is 6.90. The van der Waals surface area contributed by atoms with E-state index in [9.17, 15) is 0 Å². The van der Waals surface area contributed by atoms with Gasteiger partial charge in [0.05, 0.1) is 71.1 Å². The van der Waals surface area contributed by atoms with Crippen molar-refractivity contribution >= 4 is 0 Å². The van der Waals surface area contributed by atoms with Gasteiger partial charge in [0.2, 0.25) is 0 Å². The van der Waals surface area contributed by atoms with E-state index < -0.39 is 0 Å². The van der Waals surface area contributed by atoms with Crippen LogP contribution in [0.5, 0.6) is 0 Å². The summed E-state index contributed by atoms with van der Waals surface area (Å²) in [4.78, 5) is 0. The topological polar surface area (TPSA) is 46.2 Å². The summed E-state index contributed by atoms with van der Waals surface area (Å²) in [6.07, 6.45) is 9.56. The van der Waals surface area contributed by atoms with Gasteiger partial charge in [-0.1, -0.05) is 55.4 Å². The van der Waals surface area contributed by atoms with Gasteiger partial charge in [0.25, 0.3) is 0 Å². The first kappa shape index (κ1) is 32.6. The Morgan fingerprint density at radius 3 is 1.18 bits per heavy atom. The molecule has 0 heterocycles. The molecule has 0 saturated heterocycles. The second kappa shape index (κ2) is 18.9. The van der Waals surface area contributed by atoms with E-state index in [-0.39, 0.29) is 10.8 Å². The Hall–Kier alpha value is -1.40. The first-order chi connectivity index (χ1) is 16.1. The van der Waals surface area contributed by atoms with E-state index in [1.165, 1.54) is 23.0 Å². The summed E-state index contributed by atoms with van der Waals surface area (Å²) < 4.78 is 30.0. The summed E-state index contributed by atoms with van der Waals surface area (Å²) in [5.41, 5.74) is 3.29. The van der Waals surface area contributed by atoms with Crippen molar-refractivity contribution in [2.45, 2.75) is 68.2 Å². The molecule has 0 rings (SSSR count). The second-order valence-corrected chi connectivity index (χ2v) is 10.1. The highest BCUT2D eigenvalue weighted by molar-refractivity contribution is 4.94. The zero-order valence-corrected chi connectivity index (χ0v) is 23.3. The van der Waals surface area contributed by atoms with Crippen molar-refractivity contribution in [3.05, 3.63) is 47.8 Å². The molecule has 198 valence electrons. The molecule has 0 aliphatic carbocycles. The van der Waals surface area contributed by atoms with Gasteiger partial charge >= 0.3 is 0 Å². The van der Waals surface area contributed by atoms with Crippen LogP contribution in [0.4, 0.5) is 0 Å². The molecule has 34 heavy (non-hydrogen) atoms. The first-order valence-corrected chi connectivity index (χ1v) is 12.6. The molecule has 0 aromatic carbocycles. The van der Waals surface area contributed by atoms with E-state index in [1.807, 2.05) is 0 Å². The maximum absolute atomic E-state index is 6.38. The van der Waals surface area contributed by atoms with Crippen molar-refractivity contribution in [3.63, 3.8) is 0 Å². The Balaban J connectivity index is 5.25. The smallest absolute Gasteiger partial charge is 0.0973 e. The van der Waals surface area contributed by atoms with Crippen LogP contribution >= 0.6 is 0 Å². The van der Waals surface area contributed by atoms with Crippen LogP contribution in [0, 0.1) is 10.8 Å². The summed E-state index contributed by atoms with van der Waals surface area (Å²) in [5.74, 6) is 0. The van der Waals surface area contributed by atoms with Gasteiger partial charge in [-0.3, -0.25) is 0 Å². The average Bonchev–Trinajstić information content (AvgIpc) is 2.79. The molecule has 1 unspecified atom stereocenters. The number of ether oxygens (including phenoxy) is 5. The molecule has 0 aliphatic heterocycles. The van der Waals surface area contributed by atoms with E-state index in [0.29, 0.717) is 59.5 Å². The lowest BCUT2D eigenvalue weighted by Crippen LogP contribution is -2.41. The van der Waals surface area contributed by atoms with Gasteiger partial charge in [-0.05, 0) is 54.4 Å². The first-order valence-electron chi connectivity index (χ1n) is 12.6. The molecule has 0 bridgehead atoms. The molecule has 0 fully saturated rings. The van der Waals surface area contributed by atoms with E-state index in [1.54, 1.807) is 0 Å². The number of allylic oxidation sites excluding steroid dienone is 3. The number of hydrogen-bond acceptors (Lipinski definition) is 5. The van der Waals surface area contributed by atoms with Gasteiger partial charge in [-0.2, -0.15) is 0 Å². The second-order valence-electron chi connectivity index (χ2n) is 10.1. The molecule has 0 aromatic heterocycles. The molecular weight excluding hydrogens is 428 g/mol. The third-order valence-electron chi connectivity index (χ3n) is 5.88. The fourth-order valence-electron chi connectivity index (χ4n) is 3.09. The average molecular weight is 481 g/mol. The van der Waals surface area contributed by atoms with Crippen molar-refractivity contribution in [1.29, 1.82) is 0 Å². The lowest BCUT2D eigenvalue weighted by Gasteiger charge is -2.36. The molecule has 0 saturated carbocycles. The summed E-state index contributed by atoms with van der Waals surface area (Å²) >= 11 is 0. The predicted molar refractivity (Wildman–Crippen MR) is 143 cm³/mol. The van der Waals surface area contributed by atoms with Crippen LogP contribution in [-0.4, -0.2) is 59.5 Å². The molecule has 0 radical (unpaired) electrons. The largest absolute Gasteiger partial charge is 0.501 e. The lowest BCUT2D eigenvalue weighted by atomic mass is 9.86. The minimum absolute atomic E-state index is 0.216. The van der Waals surface area contributed by atoms with E-state index in [2.05, 4.69) is 80.2 Å². The Morgan fingerprint density at radius 2 is 0.882 bits per heavy atom. The fraction of sp³-hybridized carbons (Fsp3) is 0.724. The van der Waals surface area contributed by atoms with Gasteiger partial charge in [0.1, 0.15) is 0 Å². The normalized spacial score (nSPS) is 13.1.